The van der Waals surface area contributed by atoms with E-state index in [-0.39, 0.29) is 0 Å². The molecule has 3 fully saturated rings. The van der Waals surface area contributed by atoms with E-state index in [1.807, 2.05) is 18.2 Å². The van der Waals surface area contributed by atoms with Crippen LogP contribution in [0.5, 0.6) is 0 Å². The highest BCUT2D eigenvalue weighted by atomic mass is 32.1. The lowest BCUT2D eigenvalue weighted by Gasteiger charge is -2.34. The number of H-pyrrole nitrogens is 1. The van der Waals surface area contributed by atoms with Crippen molar-refractivity contribution in [1.82, 2.24) is 24.8 Å². The summed E-state index contributed by atoms with van der Waals surface area (Å²) in [6, 6.07) is 13.3. The van der Waals surface area contributed by atoms with Gasteiger partial charge >= 0.3 is 0 Å². The number of benzene rings is 1. The summed E-state index contributed by atoms with van der Waals surface area (Å²) < 4.78 is 5.63. The van der Waals surface area contributed by atoms with Crippen LogP contribution in [0.2, 0.25) is 0 Å². The predicted octanol–water partition coefficient (Wildman–Crippen LogP) is 3.83. The molecule has 4 aromatic rings. The second kappa shape index (κ2) is 9.12. The first-order chi connectivity index (χ1) is 17.7. The average molecular weight is 500 g/mol. The molecule has 0 unspecified atom stereocenters. The Kier molecular flexibility index (Phi) is 5.62. The fourth-order valence-electron chi connectivity index (χ4n) is 5.53. The molecule has 1 N–H and O–H groups in total. The molecule has 184 valence electrons. The predicted molar refractivity (Wildman–Crippen MR) is 142 cm³/mol. The fourth-order valence-corrected chi connectivity index (χ4v) is 6.59. The number of anilines is 1. The second-order valence-electron chi connectivity index (χ2n) is 10.0. The standard InChI is InChI=1S/C27H29N7OS/c28-16-18-14-22-21(2-1-3-24(22)29-18)25-30-26(34-10-12-35-13-11-34)23-15-20(36-27(23)31-25)17-32-6-8-33(9-7-32)19-4-5-19/h1-3,14-15,19,29H,4-13,17H2. The van der Waals surface area contributed by atoms with Gasteiger partial charge in [-0.1, -0.05) is 12.1 Å². The molecule has 5 heterocycles. The normalized spacial score (nSPS) is 19.8. The van der Waals surface area contributed by atoms with Crippen LogP contribution < -0.4 is 4.90 Å². The van der Waals surface area contributed by atoms with E-state index in [0.29, 0.717) is 24.7 Å². The van der Waals surface area contributed by atoms with E-state index in [9.17, 15) is 5.26 Å². The van der Waals surface area contributed by atoms with Crippen LogP contribution in [0.15, 0.2) is 30.3 Å². The Labute approximate surface area is 214 Å². The third kappa shape index (κ3) is 4.14. The van der Waals surface area contributed by atoms with E-state index in [2.05, 4.69) is 37.9 Å². The van der Waals surface area contributed by atoms with Crippen LogP contribution in [-0.4, -0.2) is 83.3 Å². The number of nitriles is 1. The van der Waals surface area contributed by atoms with Crippen LogP contribution >= 0.6 is 11.3 Å². The number of hydrogen-bond donors (Lipinski definition) is 1. The maximum Gasteiger partial charge on any atom is 0.163 e. The van der Waals surface area contributed by atoms with Crippen molar-refractivity contribution >= 4 is 38.3 Å². The monoisotopic (exact) mass is 499 g/mol. The number of aromatic nitrogens is 3. The summed E-state index contributed by atoms with van der Waals surface area (Å²) in [5, 5.41) is 11.5. The van der Waals surface area contributed by atoms with Gasteiger partial charge in [0.15, 0.2) is 5.82 Å². The van der Waals surface area contributed by atoms with E-state index in [1.165, 1.54) is 30.8 Å². The van der Waals surface area contributed by atoms with Crippen molar-refractivity contribution in [3.05, 3.63) is 40.9 Å². The van der Waals surface area contributed by atoms with Gasteiger partial charge in [0, 0.05) is 73.2 Å². The van der Waals surface area contributed by atoms with Crippen LogP contribution in [0.1, 0.15) is 23.4 Å². The molecule has 0 spiro atoms. The first-order valence-corrected chi connectivity index (χ1v) is 13.7. The number of fused-ring (bicyclic) bond motifs is 2. The van der Waals surface area contributed by atoms with Crippen molar-refractivity contribution < 1.29 is 4.74 Å². The summed E-state index contributed by atoms with van der Waals surface area (Å²) in [5.41, 5.74) is 2.43. The zero-order valence-corrected chi connectivity index (χ0v) is 21.1. The Morgan fingerprint density at radius 3 is 2.64 bits per heavy atom. The molecule has 0 bridgehead atoms. The number of piperazine rings is 1. The Morgan fingerprint density at radius 1 is 1.03 bits per heavy atom. The van der Waals surface area contributed by atoms with E-state index in [1.54, 1.807) is 11.3 Å². The third-order valence-electron chi connectivity index (χ3n) is 7.61. The Balaban J connectivity index is 1.26. The number of aromatic amines is 1. The highest BCUT2D eigenvalue weighted by molar-refractivity contribution is 7.18. The summed E-state index contributed by atoms with van der Waals surface area (Å²) in [7, 11) is 0. The highest BCUT2D eigenvalue weighted by Crippen LogP contribution is 2.36. The topological polar surface area (TPSA) is 84.3 Å². The van der Waals surface area contributed by atoms with Crippen molar-refractivity contribution in [3.63, 3.8) is 0 Å². The smallest absolute Gasteiger partial charge is 0.163 e. The van der Waals surface area contributed by atoms with Gasteiger partial charge in [-0.25, -0.2) is 9.97 Å². The molecular formula is C27H29N7OS. The van der Waals surface area contributed by atoms with Crippen LogP contribution in [0.25, 0.3) is 32.5 Å². The third-order valence-corrected chi connectivity index (χ3v) is 8.62. The molecule has 1 aliphatic carbocycles. The van der Waals surface area contributed by atoms with Gasteiger partial charge in [-0.15, -0.1) is 11.3 Å². The first kappa shape index (κ1) is 22.2. The quantitative estimate of drug-likeness (QED) is 0.447. The molecule has 9 heteroatoms. The van der Waals surface area contributed by atoms with Crippen molar-refractivity contribution in [3.8, 4) is 17.5 Å². The van der Waals surface area contributed by atoms with Gasteiger partial charge in [0.2, 0.25) is 0 Å². The molecular weight excluding hydrogens is 470 g/mol. The number of ether oxygens (including phenoxy) is 1. The molecule has 0 radical (unpaired) electrons. The number of nitrogens with zero attached hydrogens (tertiary/aromatic N) is 6. The van der Waals surface area contributed by atoms with Gasteiger partial charge in [0.1, 0.15) is 22.4 Å². The van der Waals surface area contributed by atoms with Crippen molar-refractivity contribution in [1.29, 1.82) is 5.26 Å². The molecule has 0 amide bonds. The summed E-state index contributed by atoms with van der Waals surface area (Å²) in [5.74, 6) is 1.71. The zero-order chi connectivity index (χ0) is 24.1. The van der Waals surface area contributed by atoms with Gasteiger partial charge in [-0.05, 0) is 31.0 Å². The summed E-state index contributed by atoms with van der Waals surface area (Å²) in [6.45, 7) is 8.68. The van der Waals surface area contributed by atoms with Crippen LogP contribution in [0.4, 0.5) is 5.82 Å². The van der Waals surface area contributed by atoms with E-state index in [0.717, 1.165) is 71.3 Å². The molecule has 7 rings (SSSR count). The van der Waals surface area contributed by atoms with Gasteiger partial charge in [-0.2, -0.15) is 5.26 Å². The Morgan fingerprint density at radius 2 is 1.86 bits per heavy atom. The van der Waals surface area contributed by atoms with E-state index >= 15 is 0 Å². The van der Waals surface area contributed by atoms with E-state index < -0.39 is 0 Å². The maximum absolute atomic E-state index is 9.40. The Hall–Kier alpha value is -3.03. The SMILES string of the molecule is N#Cc1cc2c(-c3nc(N4CCOCC4)c4cc(CN5CCN(C6CC6)CC5)sc4n3)cccc2[nH]1. The lowest BCUT2D eigenvalue weighted by atomic mass is 10.1. The van der Waals surface area contributed by atoms with Gasteiger partial charge in [-0.3, -0.25) is 9.80 Å². The minimum absolute atomic E-state index is 0.548. The highest BCUT2D eigenvalue weighted by Gasteiger charge is 2.31. The van der Waals surface area contributed by atoms with Crippen LogP contribution in [0.3, 0.4) is 0 Å². The first-order valence-electron chi connectivity index (χ1n) is 12.9. The maximum atomic E-state index is 9.40. The molecule has 3 aromatic heterocycles. The molecule has 2 saturated heterocycles. The van der Waals surface area contributed by atoms with Gasteiger partial charge in [0.25, 0.3) is 0 Å². The molecule has 0 atom stereocenters. The fraction of sp³-hybridized carbons (Fsp3) is 0.444. The molecule has 3 aliphatic rings. The minimum atomic E-state index is 0.548. The van der Waals surface area contributed by atoms with E-state index in [4.69, 9.17) is 14.7 Å². The molecule has 2 aliphatic heterocycles. The minimum Gasteiger partial charge on any atom is -0.378 e. The molecule has 36 heavy (non-hydrogen) atoms. The summed E-state index contributed by atoms with van der Waals surface area (Å²) >= 11 is 1.79. The van der Waals surface area contributed by atoms with Crippen molar-refractivity contribution in [2.24, 2.45) is 0 Å². The van der Waals surface area contributed by atoms with Crippen LogP contribution in [-0.2, 0) is 11.3 Å². The molecule has 1 aromatic carbocycles. The summed E-state index contributed by atoms with van der Waals surface area (Å²) in [6.07, 6.45) is 2.77. The zero-order valence-electron chi connectivity index (χ0n) is 20.2. The number of hydrogen-bond acceptors (Lipinski definition) is 8. The number of morpholine rings is 1. The number of nitrogens with one attached hydrogen (secondary N) is 1. The lowest BCUT2D eigenvalue weighted by molar-refractivity contribution is 0.122. The largest absolute Gasteiger partial charge is 0.378 e. The summed E-state index contributed by atoms with van der Waals surface area (Å²) in [4.78, 5) is 23.3. The van der Waals surface area contributed by atoms with Crippen molar-refractivity contribution in [2.45, 2.75) is 25.4 Å². The number of rotatable bonds is 5. The average Bonchev–Trinajstić information content (AvgIpc) is 3.55. The van der Waals surface area contributed by atoms with Crippen molar-refractivity contribution in [2.75, 3.05) is 57.4 Å². The molecule has 8 nitrogen and oxygen atoms in total. The lowest BCUT2D eigenvalue weighted by Crippen LogP contribution is -2.46. The molecule has 1 saturated carbocycles. The number of thiophene rings is 1. The van der Waals surface area contributed by atoms with Gasteiger partial charge < -0.3 is 14.6 Å². The van der Waals surface area contributed by atoms with Crippen LogP contribution in [0, 0.1) is 11.3 Å². The van der Waals surface area contributed by atoms with Gasteiger partial charge in [0.05, 0.1) is 18.6 Å². The Bertz CT molecular complexity index is 1450. The second-order valence-corrected chi connectivity index (χ2v) is 11.1.